The van der Waals surface area contributed by atoms with Crippen molar-refractivity contribution >= 4 is 5.69 Å². The molecule has 0 heterocycles. The van der Waals surface area contributed by atoms with Crippen LogP contribution in [0.3, 0.4) is 0 Å². The molecule has 1 saturated carbocycles. The summed E-state index contributed by atoms with van der Waals surface area (Å²) in [7, 11) is 0. The molecule has 4 nitrogen and oxygen atoms in total. The molecule has 0 atom stereocenters. The van der Waals surface area contributed by atoms with Gasteiger partial charge in [-0.3, -0.25) is 0 Å². The number of nitrogens with zero attached hydrogens (tertiary/aromatic N) is 1. The Morgan fingerprint density at radius 2 is 2.09 bits per heavy atom. The molecule has 120 valence electrons. The SMILES string of the molecule is CC(C)(C)OCc1cccc(NCCOC2(C#N)CCC2)c1. The van der Waals surface area contributed by atoms with Gasteiger partial charge in [-0.15, -0.1) is 0 Å². The fourth-order valence-electron chi connectivity index (χ4n) is 2.30. The van der Waals surface area contributed by atoms with Gasteiger partial charge in [0.1, 0.15) is 0 Å². The van der Waals surface area contributed by atoms with E-state index in [4.69, 9.17) is 14.7 Å². The Bertz CT molecular complexity index is 525. The highest BCUT2D eigenvalue weighted by molar-refractivity contribution is 5.45. The van der Waals surface area contributed by atoms with Gasteiger partial charge in [-0.05, 0) is 57.7 Å². The number of nitriles is 1. The molecule has 0 saturated heterocycles. The van der Waals surface area contributed by atoms with Gasteiger partial charge in [-0.1, -0.05) is 12.1 Å². The zero-order chi connectivity index (χ0) is 16.1. The van der Waals surface area contributed by atoms with Crippen LogP contribution >= 0.6 is 0 Å². The summed E-state index contributed by atoms with van der Waals surface area (Å²) in [6, 6.07) is 10.5. The van der Waals surface area contributed by atoms with Crippen molar-refractivity contribution in [2.24, 2.45) is 0 Å². The molecule has 1 aliphatic rings. The number of ether oxygens (including phenoxy) is 2. The Labute approximate surface area is 133 Å². The van der Waals surface area contributed by atoms with Gasteiger partial charge in [0.2, 0.25) is 0 Å². The maximum absolute atomic E-state index is 9.10. The lowest BCUT2D eigenvalue weighted by atomic mass is 9.81. The van der Waals surface area contributed by atoms with E-state index in [0.29, 0.717) is 19.8 Å². The van der Waals surface area contributed by atoms with Gasteiger partial charge in [-0.2, -0.15) is 5.26 Å². The molecular weight excluding hydrogens is 276 g/mol. The minimum atomic E-state index is -0.510. The van der Waals surface area contributed by atoms with Gasteiger partial charge >= 0.3 is 0 Å². The third kappa shape index (κ3) is 5.01. The van der Waals surface area contributed by atoms with Crippen molar-refractivity contribution < 1.29 is 9.47 Å². The smallest absolute Gasteiger partial charge is 0.154 e. The zero-order valence-corrected chi connectivity index (χ0v) is 13.8. The summed E-state index contributed by atoms with van der Waals surface area (Å²) < 4.78 is 11.5. The Morgan fingerprint density at radius 1 is 1.32 bits per heavy atom. The highest BCUT2D eigenvalue weighted by atomic mass is 16.5. The first-order valence-corrected chi connectivity index (χ1v) is 7.94. The molecule has 22 heavy (non-hydrogen) atoms. The topological polar surface area (TPSA) is 54.3 Å². The van der Waals surface area contributed by atoms with E-state index in [2.05, 4.69) is 44.3 Å². The predicted octanol–water partition coefficient (Wildman–Crippen LogP) is 3.88. The van der Waals surface area contributed by atoms with Crippen LogP contribution in [0.5, 0.6) is 0 Å². The van der Waals surface area contributed by atoms with E-state index in [0.717, 1.165) is 30.5 Å². The van der Waals surface area contributed by atoms with Crippen LogP contribution < -0.4 is 5.32 Å². The Balaban J connectivity index is 1.75. The van der Waals surface area contributed by atoms with E-state index in [1.54, 1.807) is 0 Å². The number of benzene rings is 1. The van der Waals surface area contributed by atoms with Crippen LogP contribution in [-0.2, 0) is 16.1 Å². The molecule has 0 bridgehead atoms. The van der Waals surface area contributed by atoms with Crippen LogP contribution in [0, 0.1) is 11.3 Å². The van der Waals surface area contributed by atoms with E-state index >= 15 is 0 Å². The molecule has 0 radical (unpaired) electrons. The van der Waals surface area contributed by atoms with E-state index in [9.17, 15) is 0 Å². The van der Waals surface area contributed by atoms with Crippen molar-refractivity contribution in [3.05, 3.63) is 29.8 Å². The maximum Gasteiger partial charge on any atom is 0.154 e. The molecule has 4 heteroatoms. The standard InChI is InChI=1S/C18H26N2O2/c1-17(2,3)22-13-15-6-4-7-16(12-15)20-10-11-21-18(14-19)8-5-9-18/h4,6-7,12,20H,5,8-11,13H2,1-3H3. The molecule has 1 aromatic carbocycles. The van der Waals surface area contributed by atoms with Gasteiger partial charge in [0.25, 0.3) is 0 Å². The number of anilines is 1. The second-order valence-corrected chi connectivity index (χ2v) is 6.84. The first-order valence-electron chi connectivity index (χ1n) is 7.94. The zero-order valence-electron chi connectivity index (χ0n) is 13.8. The molecule has 1 N–H and O–H groups in total. The summed E-state index contributed by atoms with van der Waals surface area (Å²) in [5, 5.41) is 12.4. The first kappa shape index (κ1) is 16.8. The summed E-state index contributed by atoms with van der Waals surface area (Å²) in [6.45, 7) is 8.02. The maximum atomic E-state index is 9.10. The Morgan fingerprint density at radius 3 is 2.68 bits per heavy atom. The lowest BCUT2D eigenvalue weighted by molar-refractivity contribution is -0.0512. The lowest BCUT2D eigenvalue weighted by Gasteiger charge is -2.34. The van der Waals surface area contributed by atoms with Gasteiger partial charge in [0.05, 0.1) is 24.9 Å². The number of hydrogen-bond acceptors (Lipinski definition) is 4. The minimum Gasteiger partial charge on any atom is -0.383 e. The van der Waals surface area contributed by atoms with Crippen LogP contribution in [0.15, 0.2) is 24.3 Å². The minimum absolute atomic E-state index is 0.133. The van der Waals surface area contributed by atoms with Crippen molar-refractivity contribution in [3.8, 4) is 6.07 Å². The second-order valence-electron chi connectivity index (χ2n) is 6.84. The molecular formula is C18H26N2O2. The number of hydrogen-bond donors (Lipinski definition) is 1. The summed E-state index contributed by atoms with van der Waals surface area (Å²) in [6.07, 6.45) is 2.82. The number of rotatable bonds is 7. The highest BCUT2D eigenvalue weighted by Gasteiger charge is 2.37. The van der Waals surface area contributed by atoms with Crippen molar-refractivity contribution in [3.63, 3.8) is 0 Å². The molecule has 0 spiro atoms. The number of nitrogens with one attached hydrogen (secondary N) is 1. The van der Waals surface area contributed by atoms with Gasteiger partial charge < -0.3 is 14.8 Å². The molecule has 0 unspecified atom stereocenters. The summed E-state index contributed by atoms with van der Waals surface area (Å²) >= 11 is 0. The molecule has 0 amide bonds. The van der Waals surface area contributed by atoms with Crippen molar-refractivity contribution in [2.75, 3.05) is 18.5 Å². The predicted molar refractivity (Wildman–Crippen MR) is 87.6 cm³/mol. The van der Waals surface area contributed by atoms with Crippen LogP contribution in [0.2, 0.25) is 0 Å². The van der Waals surface area contributed by atoms with Crippen molar-refractivity contribution in [2.45, 2.75) is 57.8 Å². The quantitative estimate of drug-likeness (QED) is 0.777. The van der Waals surface area contributed by atoms with E-state index in [1.807, 2.05) is 12.1 Å². The molecule has 1 aliphatic carbocycles. The average Bonchev–Trinajstić information content (AvgIpc) is 2.43. The van der Waals surface area contributed by atoms with Crippen LogP contribution in [-0.4, -0.2) is 24.4 Å². The first-order chi connectivity index (χ1) is 10.4. The van der Waals surface area contributed by atoms with Crippen molar-refractivity contribution in [1.82, 2.24) is 0 Å². The lowest BCUT2D eigenvalue weighted by Crippen LogP contribution is -2.39. The molecule has 1 aromatic rings. The van der Waals surface area contributed by atoms with Crippen LogP contribution in [0.4, 0.5) is 5.69 Å². The monoisotopic (exact) mass is 302 g/mol. The third-order valence-electron chi connectivity index (χ3n) is 3.77. The molecule has 2 rings (SSSR count). The van der Waals surface area contributed by atoms with Crippen LogP contribution in [0.1, 0.15) is 45.6 Å². The van der Waals surface area contributed by atoms with E-state index in [1.165, 1.54) is 0 Å². The third-order valence-corrected chi connectivity index (χ3v) is 3.77. The van der Waals surface area contributed by atoms with E-state index < -0.39 is 5.60 Å². The van der Waals surface area contributed by atoms with Gasteiger partial charge in [-0.25, -0.2) is 0 Å². The fraction of sp³-hybridized carbons (Fsp3) is 0.611. The Hall–Kier alpha value is -1.57. The van der Waals surface area contributed by atoms with E-state index in [-0.39, 0.29) is 5.60 Å². The largest absolute Gasteiger partial charge is 0.383 e. The Kier molecular flexibility index (Phi) is 5.44. The molecule has 1 fully saturated rings. The highest BCUT2D eigenvalue weighted by Crippen LogP contribution is 2.34. The fourth-order valence-corrected chi connectivity index (χ4v) is 2.30. The van der Waals surface area contributed by atoms with Crippen LogP contribution in [0.25, 0.3) is 0 Å². The molecule has 0 aromatic heterocycles. The van der Waals surface area contributed by atoms with Crippen molar-refractivity contribution in [1.29, 1.82) is 5.26 Å². The van der Waals surface area contributed by atoms with Gasteiger partial charge in [0.15, 0.2) is 5.60 Å². The summed E-state index contributed by atoms with van der Waals surface area (Å²) in [5.41, 5.74) is 1.56. The summed E-state index contributed by atoms with van der Waals surface area (Å²) in [5.74, 6) is 0. The molecule has 0 aliphatic heterocycles. The summed E-state index contributed by atoms with van der Waals surface area (Å²) in [4.78, 5) is 0. The van der Waals surface area contributed by atoms with Gasteiger partial charge in [0, 0.05) is 12.2 Å². The second kappa shape index (κ2) is 7.13. The average molecular weight is 302 g/mol. The normalized spacial score (nSPS) is 16.6.